The molecule has 10 heteroatoms. The quantitative estimate of drug-likeness (QED) is 0.549. The minimum absolute atomic E-state index is 0.0589. The molecule has 2 aromatic carbocycles. The van der Waals surface area contributed by atoms with E-state index in [2.05, 4.69) is 17.2 Å². The second kappa shape index (κ2) is 10.9. The molecule has 1 fully saturated rings. The van der Waals surface area contributed by atoms with E-state index in [-0.39, 0.29) is 35.5 Å². The Morgan fingerprint density at radius 2 is 1.85 bits per heavy atom. The number of benzene rings is 2. The van der Waals surface area contributed by atoms with Crippen LogP contribution in [0, 0.1) is 11.7 Å². The van der Waals surface area contributed by atoms with Gasteiger partial charge in [0, 0.05) is 36.1 Å². The molecule has 176 valence electrons. The first-order chi connectivity index (χ1) is 15.7. The van der Waals surface area contributed by atoms with Crippen molar-refractivity contribution in [2.24, 2.45) is 5.92 Å². The summed E-state index contributed by atoms with van der Waals surface area (Å²) in [6.45, 7) is 4.12. The first-order valence-electron chi connectivity index (χ1n) is 10.4. The standard InChI is InChI=1S/C23H25ClFN3O4S/c1-2-12-26-23(30)17-6-3-4-9-21(17)27-22(29)16-10-13-28(14-11-16)33(31,32)15-18-19(24)7-5-8-20(18)25/h2-9,16H,1,10-15H2,(H,26,30)(H,27,29). The highest BCUT2D eigenvalue weighted by atomic mass is 35.5. The molecule has 0 atom stereocenters. The first kappa shape index (κ1) is 24.9. The van der Waals surface area contributed by atoms with E-state index in [1.54, 1.807) is 30.3 Å². The van der Waals surface area contributed by atoms with Crippen molar-refractivity contribution in [1.82, 2.24) is 9.62 Å². The molecule has 0 radical (unpaired) electrons. The van der Waals surface area contributed by atoms with Gasteiger partial charge in [0.2, 0.25) is 15.9 Å². The molecule has 0 spiro atoms. The highest BCUT2D eigenvalue weighted by Gasteiger charge is 2.32. The van der Waals surface area contributed by atoms with Gasteiger partial charge in [-0.25, -0.2) is 17.1 Å². The molecule has 33 heavy (non-hydrogen) atoms. The molecule has 1 heterocycles. The molecule has 1 aliphatic rings. The highest BCUT2D eigenvalue weighted by molar-refractivity contribution is 7.88. The second-order valence-corrected chi connectivity index (χ2v) is 10.0. The summed E-state index contributed by atoms with van der Waals surface area (Å²) in [6.07, 6.45) is 2.17. The van der Waals surface area contributed by atoms with Crippen LogP contribution in [0.1, 0.15) is 28.8 Å². The molecule has 3 rings (SSSR count). The van der Waals surface area contributed by atoms with Gasteiger partial charge in [-0.05, 0) is 37.1 Å². The Labute approximate surface area is 197 Å². The Morgan fingerprint density at radius 3 is 2.52 bits per heavy atom. The molecule has 1 saturated heterocycles. The zero-order valence-electron chi connectivity index (χ0n) is 17.9. The number of amides is 2. The zero-order chi connectivity index (χ0) is 24.0. The lowest BCUT2D eigenvalue weighted by Crippen LogP contribution is -2.42. The van der Waals surface area contributed by atoms with E-state index in [9.17, 15) is 22.4 Å². The van der Waals surface area contributed by atoms with Crippen LogP contribution in [0.15, 0.2) is 55.1 Å². The normalized spacial score (nSPS) is 15.1. The summed E-state index contributed by atoms with van der Waals surface area (Å²) in [5.41, 5.74) is 0.646. The van der Waals surface area contributed by atoms with Crippen LogP contribution in [-0.2, 0) is 20.6 Å². The SMILES string of the molecule is C=CCNC(=O)c1ccccc1NC(=O)C1CCN(S(=O)(=O)Cc2c(F)cccc2Cl)CC1. The van der Waals surface area contributed by atoms with Gasteiger partial charge in [0.15, 0.2) is 0 Å². The number of piperidine rings is 1. The molecule has 1 aliphatic heterocycles. The molecule has 0 aliphatic carbocycles. The predicted octanol–water partition coefficient (Wildman–Crippen LogP) is 3.58. The van der Waals surface area contributed by atoms with Gasteiger partial charge in [0.1, 0.15) is 5.82 Å². The fourth-order valence-corrected chi connectivity index (χ4v) is 5.54. The number of rotatable bonds is 8. The number of para-hydroxylation sites is 1. The van der Waals surface area contributed by atoms with Crippen molar-refractivity contribution in [2.45, 2.75) is 18.6 Å². The number of nitrogens with zero attached hydrogens (tertiary/aromatic N) is 1. The van der Waals surface area contributed by atoms with Crippen molar-refractivity contribution in [3.05, 3.63) is 77.1 Å². The predicted molar refractivity (Wildman–Crippen MR) is 126 cm³/mol. The van der Waals surface area contributed by atoms with Crippen LogP contribution in [0.3, 0.4) is 0 Å². The molecule has 2 aromatic rings. The lowest BCUT2D eigenvalue weighted by Gasteiger charge is -2.30. The summed E-state index contributed by atoms with van der Waals surface area (Å²) in [7, 11) is -3.80. The van der Waals surface area contributed by atoms with Crippen LogP contribution in [-0.4, -0.2) is 44.2 Å². The number of anilines is 1. The maximum atomic E-state index is 14.0. The summed E-state index contributed by atoms with van der Waals surface area (Å²) in [4.78, 5) is 25.1. The number of sulfonamides is 1. The Balaban J connectivity index is 1.62. The van der Waals surface area contributed by atoms with Crippen molar-refractivity contribution < 1.29 is 22.4 Å². The van der Waals surface area contributed by atoms with Gasteiger partial charge in [-0.3, -0.25) is 9.59 Å². The summed E-state index contributed by atoms with van der Waals surface area (Å²) >= 11 is 5.97. The van der Waals surface area contributed by atoms with Gasteiger partial charge in [0.05, 0.1) is 17.0 Å². The van der Waals surface area contributed by atoms with Crippen LogP contribution in [0.5, 0.6) is 0 Å². The third-order valence-electron chi connectivity index (χ3n) is 5.44. The van der Waals surface area contributed by atoms with Gasteiger partial charge < -0.3 is 10.6 Å². The van der Waals surface area contributed by atoms with Gasteiger partial charge in [-0.1, -0.05) is 35.9 Å². The number of hydrogen-bond acceptors (Lipinski definition) is 4. The molecular weight excluding hydrogens is 469 g/mol. The molecule has 2 N–H and O–H groups in total. The van der Waals surface area contributed by atoms with Crippen molar-refractivity contribution in [2.75, 3.05) is 25.0 Å². The molecule has 0 bridgehead atoms. The van der Waals surface area contributed by atoms with Crippen LogP contribution < -0.4 is 10.6 Å². The van der Waals surface area contributed by atoms with E-state index < -0.39 is 27.5 Å². The number of carbonyl (C=O) groups excluding carboxylic acids is 2. The molecule has 0 saturated carbocycles. The van der Waals surface area contributed by atoms with Crippen LogP contribution in [0.25, 0.3) is 0 Å². The van der Waals surface area contributed by atoms with Crippen LogP contribution >= 0.6 is 11.6 Å². The smallest absolute Gasteiger partial charge is 0.253 e. The summed E-state index contributed by atoms with van der Waals surface area (Å²) in [6, 6.07) is 10.7. The Bertz CT molecular complexity index is 1130. The van der Waals surface area contributed by atoms with Gasteiger partial charge in [-0.2, -0.15) is 0 Å². The van der Waals surface area contributed by atoms with Crippen molar-refractivity contribution in [3.63, 3.8) is 0 Å². The molecule has 7 nitrogen and oxygen atoms in total. The largest absolute Gasteiger partial charge is 0.349 e. The summed E-state index contributed by atoms with van der Waals surface area (Å²) in [5, 5.41) is 5.52. The average Bonchev–Trinajstić information content (AvgIpc) is 2.80. The third kappa shape index (κ3) is 6.19. The van der Waals surface area contributed by atoms with E-state index >= 15 is 0 Å². The topological polar surface area (TPSA) is 95.6 Å². The van der Waals surface area contributed by atoms with E-state index in [4.69, 9.17) is 11.6 Å². The fraction of sp³-hybridized carbons (Fsp3) is 0.304. The van der Waals surface area contributed by atoms with Crippen molar-refractivity contribution >= 4 is 39.1 Å². The highest BCUT2D eigenvalue weighted by Crippen LogP contribution is 2.27. The van der Waals surface area contributed by atoms with Crippen molar-refractivity contribution in [3.8, 4) is 0 Å². The van der Waals surface area contributed by atoms with Crippen LogP contribution in [0.4, 0.5) is 10.1 Å². The monoisotopic (exact) mass is 493 g/mol. The first-order valence-corrected chi connectivity index (χ1v) is 12.4. The molecular formula is C23H25ClFN3O4S. The lowest BCUT2D eigenvalue weighted by atomic mass is 9.97. The molecule has 0 unspecified atom stereocenters. The average molecular weight is 494 g/mol. The Kier molecular flexibility index (Phi) is 8.23. The van der Waals surface area contributed by atoms with Crippen LogP contribution in [0.2, 0.25) is 5.02 Å². The second-order valence-electron chi connectivity index (χ2n) is 7.66. The third-order valence-corrected chi connectivity index (χ3v) is 7.60. The maximum Gasteiger partial charge on any atom is 0.253 e. The molecule has 0 aromatic heterocycles. The van der Waals surface area contributed by atoms with Crippen molar-refractivity contribution in [1.29, 1.82) is 0 Å². The Morgan fingerprint density at radius 1 is 1.15 bits per heavy atom. The van der Waals surface area contributed by atoms with E-state index in [1.807, 2.05) is 0 Å². The van der Waals surface area contributed by atoms with E-state index in [0.29, 0.717) is 30.6 Å². The zero-order valence-corrected chi connectivity index (χ0v) is 19.5. The van der Waals surface area contributed by atoms with E-state index in [1.165, 1.54) is 22.5 Å². The lowest BCUT2D eigenvalue weighted by molar-refractivity contribution is -0.120. The number of halogens is 2. The number of hydrogen-bond donors (Lipinski definition) is 2. The van der Waals surface area contributed by atoms with Gasteiger partial charge >= 0.3 is 0 Å². The maximum absolute atomic E-state index is 14.0. The summed E-state index contributed by atoms with van der Waals surface area (Å²) < 4.78 is 40.9. The number of nitrogens with one attached hydrogen (secondary N) is 2. The van der Waals surface area contributed by atoms with Gasteiger partial charge in [0.25, 0.3) is 5.91 Å². The Hall–Kier alpha value is -2.75. The van der Waals surface area contributed by atoms with Gasteiger partial charge in [-0.15, -0.1) is 6.58 Å². The minimum Gasteiger partial charge on any atom is -0.349 e. The molecule has 2 amide bonds. The van der Waals surface area contributed by atoms with E-state index in [0.717, 1.165) is 0 Å². The fourth-order valence-electron chi connectivity index (χ4n) is 3.63. The number of carbonyl (C=O) groups is 2. The minimum atomic E-state index is -3.80. The summed E-state index contributed by atoms with van der Waals surface area (Å²) in [5.74, 6) is -2.25.